The van der Waals surface area contributed by atoms with Crippen molar-refractivity contribution in [2.24, 2.45) is 0 Å². The molecular formula is C21H15ClFN5O5. The van der Waals surface area contributed by atoms with Gasteiger partial charge in [0.15, 0.2) is 5.76 Å². The predicted octanol–water partition coefficient (Wildman–Crippen LogP) is 4.45. The van der Waals surface area contributed by atoms with Crippen LogP contribution in [-0.2, 0) is 13.2 Å². The lowest BCUT2D eigenvalue weighted by molar-refractivity contribution is -0.384. The minimum absolute atomic E-state index is 0.0137. The van der Waals surface area contributed by atoms with E-state index in [0.29, 0.717) is 11.3 Å². The molecule has 4 aromatic rings. The Bertz CT molecular complexity index is 1320. The molecule has 12 heteroatoms. The Morgan fingerprint density at radius 2 is 2.09 bits per heavy atom. The molecule has 0 saturated heterocycles. The summed E-state index contributed by atoms with van der Waals surface area (Å²) in [6.45, 7) is 0.178. The van der Waals surface area contributed by atoms with Gasteiger partial charge in [0.05, 0.1) is 22.6 Å². The second-order valence-corrected chi connectivity index (χ2v) is 7.18. The van der Waals surface area contributed by atoms with Gasteiger partial charge >= 0.3 is 0 Å². The van der Waals surface area contributed by atoms with E-state index < -0.39 is 10.8 Å². The van der Waals surface area contributed by atoms with Crippen LogP contribution in [0.5, 0.6) is 5.75 Å². The third kappa shape index (κ3) is 5.52. The first-order valence-corrected chi connectivity index (χ1v) is 9.86. The van der Waals surface area contributed by atoms with Gasteiger partial charge in [-0.25, -0.2) is 14.1 Å². The SMILES string of the molecule is O=C(Nc1ncn(Cc2cccc(F)c2)n1)c1ccc(COc2cc([N+](=O)[O-])ccc2Cl)o1. The van der Waals surface area contributed by atoms with Crippen molar-refractivity contribution >= 4 is 29.1 Å². The van der Waals surface area contributed by atoms with Crippen LogP contribution in [0.1, 0.15) is 21.9 Å². The highest BCUT2D eigenvalue weighted by Crippen LogP contribution is 2.29. The smallest absolute Gasteiger partial charge is 0.293 e. The molecule has 0 fully saturated rings. The molecule has 0 unspecified atom stereocenters. The monoisotopic (exact) mass is 471 g/mol. The molecule has 2 heterocycles. The van der Waals surface area contributed by atoms with Crippen molar-refractivity contribution in [1.82, 2.24) is 14.8 Å². The zero-order chi connectivity index (χ0) is 23.4. The van der Waals surface area contributed by atoms with E-state index in [4.69, 9.17) is 20.8 Å². The number of carbonyl (C=O) groups is 1. The fourth-order valence-corrected chi connectivity index (χ4v) is 3.03. The summed E-state index contributed by atoms with van der Waals surface area (Å²) in [5.74, 6) is -0.493. The van der Waals surface area contributed by atoms with Crippen LogP contribution in [-0.4, -0.2) is 25.6 Å². The van der Waals surface area contributed by atoms with Crippen LogP contribution in [0.15, 0.2) is 65.3 Å². The molecule has 2 aromatic heterocycles. The molecule has 1 N–H and O–H groups in total. The molecule has 0 aliphatic rings. The van der Waals surface area contributed by atoms with Crippen molar-refractivity contribution in [2.45, 2.75) is 13.2 Å². The average Bonchev–Trinajstić information content (AvgIpc) is 3.42. The Morgan fingerprint density at radius 1 is 1.24 bits per heavy atom. The summed E-state index contributed by atoms with van der Waals surface area (Å²) in [7, 11) is 0. The molecule has 2 aromatic carbocycles. The number of hydrogen-bond acceptors (Lipinski definition) is 7. The lowest BCUT2D eigenvalue weighted by atomic mass is 10.2. The summed E-state index contributed by atoms with van der Waals surface area (Å²) in [6, 6.07) is 12.8. The van der Waals surface area contributed by atoms with Gasteiger partial charge in [-0.05, 0) is 35.9 Å². The normalized spacial score (nSPS) is 10.7. The average molecular weight is 472 g/mol. The summed E-state index contributed by atoms with van der Waals surface area (Å²) in [5, 5.41) is 17.7. The van der Waals surface area contributed by atoms with Crippen LogP contribution >= 0.6 is 11.6 Å². The van der Waals surface area contributed by atoms with E-state index in [-0.39, 0.29) is 47.1 Å². The highest BCUT2D eigenvalue weighted by atomic mass is 35.5. The molecule has 0 spiro atoms. The minimum atomic E-state index is -0.585. The zero-order valence-electron chi connectivity index (χ0n) is 16.8. The number of non-ortho nitro benzene ring substituents is 1. The maximum Gasteiger partial charge on any atom is 0.293 e. The van der Waals surface area contributed by atoms with E-state index in [1.807, 2.05) is 0 Å². The van der Waals surface area contributed by atoms with Gasteiger partial charge in [-0.2, -0.15) is 0 Å². The molecule has 33 heavy (non-hydrogen) atoms. The fourth-order valence-electron chi connectivity index (χ4n) is 2.86. The zero-order valence-corrected chi connectivity index (χ0v) is 17.5. The highest BCUT2D eigenvalue weighted by Gasteiger charge is 2.16. The van der Waals surface area contributed by atoms with Crippen molar-refractivity contribution in [1.29, 1.82) is 0 Å². The first kappa shape index (κ1) is 22.0. The van der Waals surface area contributed by atoms with Crippen LogP contribution < -0.4 is 10.1 Å². The topological polar surface area (TPSA) is 125 Å². The van der Waals surface area contributed by atoms with Crippen LogP contribution in [0.4, 0.5) is 16.0 Å². The number of halogens is 2. The van der Waals surface area contributed by atoms with Gasteiger partial charge in [0.25, 0.3) is 11.6 Å². The Morgan fingerprint density at radius 3 is 2.88 bits per heavy atom. The summed E-state index contributed by atoms with van der Waals surface area (Å²) in [6.07, 6.45) is 1.41. The molecule has 1 amide bonds. The van der Waals surface area contributed by atoms with E-state index in [9.17, 15) is 19.3 Å². The van der Waals surface area contributed by atoms with Gasteiger partial charge in [-0.15, -0.1) is 5.10 Å². The summed E-state index contributed by atoms with van der Waals surface area (Å²) in [5.41, 5.74) is 0.524. The number of anilines is 1. The highest BCUT2D eigenvalue weighted by molar-refractivity contribution is 6.32. The number of rotatable bonds is 8. The Hall–Kier alpha value is -4.25. The van der Waals surface area contributed by atoms with Crippen LogP contribution in [0.2, 0.25) is 5.02 Å². The molecule has 0 saturated carbocycles. The summed E-state index contributed by atoms with van der Waals surface area (Å²) >= 11 is 6.00. The van der Waals surface area contributed by atoms with E-state index in [1.165, 1.54) is 53.5 Å². The van der Waals surface area contributed by atoms with Crippen LogP contribution in [0, 0.1) is 15.9 Å². The Kier molecular flexibility index (Phi) is 6.31. The van der Waals surface area contributed by atoms with E-state index in [1.54, 1.807) is 12.1 Å². The summed E-state index contributed by atoms with van der Waals surface area (Å²) in [4.78, 5) is 26.7. The van der Waals surface area contributed by atoms with Crippen molar-refractivity contribution < 1.29 is 23.3 Å². The number of amides is 1. The number of benzene rings is 2. The number of ether oxygens (including phenoxy) is 1. The van der Waals surface area contributed by atoms with Gasteiger partial charge in [0.2, 0.25) is 5.95 Å². The molecule has 0 atom stereocenters. The number of aromatic nitrogens is 3. The first-order chi connectivity index (χ1) is 15.9. The number of nitro benzene ring substituents is 1. The largest absolute Gasteiger partial charge is 0.484 e. The second-order valence-electron chi connectivity index (χ2n) is 6.78. The summed E-state index contributed by atoms with van der Waals surface area (Å²) < 4.78 is 25.7. The second kappa shape index (κ2) is 9.49. The lowest BCUT2D eigenvalue weighted by Crippen LogP contribution is -2.12. The van der Waals surface area contributed by atoms with Crippen LogP contribution in [0.3, 0.4) is 0 Å². The molecule has 0 aliphatic heterocycles. The quantitative estimate of drug-likeness (QED) is 0.297. The molecule has 0 radical (unpaired) electrons. The predicted molar refractivity (Wildman–Crippen MR) is 115 cm³/mol. The van der Waals surface area contributed by atoms with Gasteiger partial charge in [-0.1, -0.05) is 23.7 Å². The van der Waals surface area contributed by atoms with Gasteiger partial charge < -0.3 is 9.15 Å². The number of nitrogens with zero attached hydrogens (tertiary/aromatic N) is 4. The molecule has 4 rings (SSSR count). The van der Waals surface area contributed by atoms with Crippen LogP contribution in [0.25, 0.3) is 0 Å². The van der Waals surface area contributed by atoms with Gasteiger partial charge in [-0.3, -0.25) is 20.2 Å². The Labute approximate surface area is 190 Å². The van der Waals surface area contributed by atoms with E-state index >= 15 is 0 Å². The molecular weight excluding hydrogens is 457 g/mol. The minimum Gasteiger partial charge on any atom is -0.484 e. The fraction of sp³-hybridized carbons (Fsp3) is 0.0952. The molecule has 0 aliphatic carbocycles. The van der Waals surface area contributed by atoms with Gasteiger partial charge in [0, 0.05) is 6.07 Å². The standard InChI is InChI=1S/C21H15ClFN5O5/c22-17-6-4-15(28(30)31)9-19(17)32-11-16-5-7-18(33-16)20(29)25-21-24-12-27(26-21)10-13-2-1-3-14(23)8-13/h1-9,12H,10-11H2,(H,25,26,29). The van der Waals surface area contributed by atoms with E-state index in [2.05, 4.69) is 15.4 Å². The molecule has 168 valence electrons. The van der Waals surface area contributed by atoms with Crippen molar-refractivity contribution in [3.05, 3.63) is 99.0 Å². The molecule has 0 bridgehead atoms. The molecule has 10 nitrogen and oxygen atoms in total. The number of nitrogens with one attached hydrogen (secondary N) is 1. The number of nitro groups is 1. The van der Waals surface area contributed by atoms with Crippen molar-refractivity contribution in [3.8, 4) is 5.75 Å². The third-order valence-corrected chi connectivity index (χ3v) is 4.69. The number of hydrogen-bond donors (Lipinski definition) is 1. The maximum atomic E-state index is 13.3. The van der Waals surface area contributed by atoms with Crippen molar-refractivity contribution in [3.63, 3.8) is 0 Å². The van der Waals surface area contributed by atoms with E-state index in [0.717, 1.165) is 0 Å². The Balaban J connectivity index is 1.35. The van der Waals surface area contributed by atoms with Crippen molar-refractivity contribution in [2.75, 3.05) is 5.32 Å². The first-order valence-electron chi connectivity index (χ1n) is 9.48. The maximum absolute atomic E-state index is 13.3. The van der Waals surface area contributed by atoms with Gasteiger partial charge in [0.1, 0.15) is 30.3 Å². The third-order valence-electron chi connectivity index (χ3n) is 4.38. The number of carbonyl (C=O) groups excluding carboxylic acids is 1. The lowest BCUT2D eigenvalue weighted by Gasteiger charge is -2.06. The number of furan rings is 1.